The predicted molar refractivity (Wildman–Crippen MR) is 35.3 cm³/mol. The van der Waals surface area contributed by atoms with Crippen LogP contribution in [-0.2, 0) is 0 Å². The van der Waals surface area contributed by atoms with Crippen molar-refractivity contribution in [1.82, 2.24) is 10.1 Å². The Kier molecular flexibility index (Phi) is 0.887. The maximum Gasteiger partial charge on any atom is 0.173 e. The van der Waals surface area contributed by atoms with Crippen molar-refractivity contribution in [3.05, 3.63) is 18.7 Å². The average molecular weight is 135 g/mol. The van der Waals surface area contributed by atoms with Crippen molar-refractivity contribution in [1.29, 1.82) is 0 Å². The first kappa shape index (κ1) is 5.22. The summed E-state index contributed by atoms with van der Waals surface area (Å²) in [7, 11) is 0. The molecule has 0 bridgehead atoms. The van der Waals surface area contributed by atoms with Crippen LogP contribution in [0, 0.1) is 0 Å². The second-order valence-electron chi connectivity index (χ2n) is 1.98. The quantitative estimate of drug-likeness (QED) is 0.579. The fourth-order valence-electron chi connectivity index (χ4n) is 0.833. The van der Waals surface area contributed by atoms with E-state index in [4.69, 9.17) is 5.73 Å². The van der Waals surface area contributed by atoms with Crippen LogP contribution in [0.25, 0.3) is 11.1 Å². The maximum atomic E-state index is 5.46. The lowest BCUT2D eigenvalue weighted by molar-refractivity contribution is 0.406. The number of nitrogens with two attached hydrogens (primary N) is 1. The number of nitrogen functional groups attached to an aromatic ring is 1. The second kappa shape index (κ2) is 1.70. The van der Waals surface area contributed by atoms with Gasteiger partial charge in [0.1, 0.15) is 6.26 Å². The zero-order chi connectivity index (χ0) is 6.97. The van der Waals surface area contributed by atoms with Crippen molar-refractivity contribution >= 4 is 5.82 Å². The molecular weight excluding hydrogens is 130 g/mol. The van der Waals surface area contributed by atoms with Crippen LogP contribution in [0.2, 0.25) is 0 Å². The molecule has 4 nitrogen and oxygen atoms in total. The van der Waals surface area contributed by atoms with Crippen LogP contribution in [0.4, 0.5) is 5.82 Å². The fourth-order valence-corrected chi connectivity index (χ4v) is 0.833. The van der Waals surface area contributed by atoms with Crippen LogP contribution >= 0.6 is 0 Å². The molecule has 0 spiro atoms. The number of anilines is 1. The molecule has 2 N–H and O–H groups in total. The second-order valence-corrected chi connectivity index (χ2v) is 1.98. The highest BCUT2D eigenvalue weighted by Crippen LogP contribution is 2.24. The Morgan fingerprint density at radius 3 is 3.10 bits per heavy atom. The Bertz CT molecular complexity index is 317. The lowest BCUT2D eigenvalue weighted by Crippen LogP contribution is -1.91. The first-order valence-corrected chi connectivity index (χ1v) is 2.81. The van der Waals surface area contributed by atoms with Crippen LogP contribution in [-0.4, -0.2) is 10.1 Å². The lowest BCUT2D eigenvalue weighted by Gasteiger charge is -1.95. The van der Waals surface area contributed by atoms with Crippen LogP contribution in [0.1, 0.15) is 0 Å². The molecule has 0 aliphatic carbocycles. The largest absolute Gasteiger partial charge is 0.380 e. The number of hydrogen-bond donors (Lipinski definition) is 1. The van der Waals surface area contributed by atoms with E-state index in [0.29, 0.717) is 5.82 Å². The zero-order valence-electron chi connectivity index (χ0n) is 5.11. The molecule has 0 aromatic rings. The molecule has 0 unspecified atom stereocenters. The number of nitrogens with zero attached hydrogens (tertiary/aromatic N) is 2. The minimum Gasteiger partial charge on any atom is -0.380 e. The molecule has 2 heterocycles. The molecule has 0 fully saturated rings. The van der Waals surface area contributed by atoms with E-state index < -0.39 is 0 Å². The summed E-state index contributed by atoms with van der Waals surface area (Å²) in [4.78, 5) is 3.88. The molecule has 0 aromatic carbocycles. The Morgan fingerprint density at radius 2 is 2.30 bits per heavy atom. The fraction of sp³-hybridized carbons (Fsp3) is 0. The van der Waals surface area contributed by atoms with Crippen molar-refractivity contribution in [3.63, 3.8) is 0 Å². The van der Waals surface area contributed by atoms with Gasteiger partial charge in [0.25, 0.3) is 0 Å². The topological polar surface area (TPSA) is 64.9 Å². The molecule has 4 heteroatoms. The molecule has 0 aromatic heterocycles. The first-order valence-electron chi connectivity index (χ1n) is 2.81. The molecular formula is C6H5N3O. The van der Waals surface area contributed by atoms with Gasteiger partial charge in [-0.05, 0) is 0 Å². The summed E-state index contributed by atoms with van der Waals surface area (Å²) in [6, 6.07) is 0. The van der Waals surface area contributed by atoms with Gasteiger partial charge in [-0.3, -0.25) is 4.98 Å². The van der Waals surface area contributed by atoms with Crippen molar-refractivity contribution < 1.29 is 4.52 Å². The highest BCUT2D eigenvalue weighted by atomic mass is 16.5. The van der Waals surface area contributed by atoms with E-state index in [2.05, 4.69) is 14.7 Å². The minimum atomic E-state index is 0.384. The van der Waals surface area contributed by atoms with Gasteiger partial charge in [0.15, 0.2) is 5.82 Å². The standard InChI is InChI=1S/C6H5N3O/c7-6-5-2-8-1-4(5)3-10-9-6/h1-3H,(H2,7,9). The third kappa shape index (κ3) is 0.556. The van der Waals surface area contributed by atoms with Gasteiger partial charge >= 0.3 is 0 Å². The van der Waals surface area contributed by atoms with E-state index >= 15 is 0 Å². The zero-order valence-corrected chi connectivity index (χ0v) is 5.11. The molecule has 50 valence electrons. The SMILES string of the molecule is Nc1nocc2cncc1-2. The number of fused-ring (bicyclic) bond motifs is 1. The van der Waals surface area contributed by atoms with Gasteiger partial charge in [-0.25, -0.2) is 0 Å². The lowest BCUT2D eigenvalue weighted by atomic mass is 10.2. The van der Waals surface area contributed by atoms with Crippen LogP contribution in [0.5, 0.6) is 0 Å². The van der Waals surface area contributed by atoms with Crippen LogP contribution < -0.4 is 5.73 Å². The van der Waals surface area contributed by atoms with E-state index in [-0.39, 0.29) is 0 Å². The molecule has 0 saturated carbocycles. The summed E-state index contributed by atoms with van der Waals surface area (Å²) < 4.78 is 4.66. The molecule has 0 atom stereocenters. The minimum absolute atomic E-state index is 0.384. The normalized spacial score (nSPS) is 10.4. The van der Waals surface area contributed by atoms with E-state index in [1.54, 1.807) is 12.4 Å². The number of rotatable bonds is 0. The summed E-state index contributed by atoms with van der Waals surface area (Å²) in [5.41, 5.74) is 7.18. The van der Waals surface area contributed by atoms with Crippen molar-refractivity contribution in [3.8, 4) is 11.1 Å². The molecule has 2 aliphatic heterocycles. The van der Waals surface area contributed by atoms with Gasteiger partial charge in [-0.15, -0.1) is 0 Å². The summed E-state index contributed by atoms with van der Waals surface area (Å²) >= 11 is 0. The third-order valence-electron chi connectivity index (χ3n) is 1.33. The summed E-state index contributed by atoms with van der Waals surface area (Å²) in [5.74, 6) is 0.384. The van der Waals surface area contributed by atoms with Crippen LogP contribution in [0.3, 0.4) is 0 Å². The van der Waals surface area contributed by atoms with E-state index in [9.17, 15) is 0 Å². The van der Waals surface area contributed by atoms with Gasteiger partial charge < -0.3 is 10.3 Å². The molecule has 2 aliphatic rings. The monoisotopic (exact) mass is 135 g/mol. The number of aromatic nitrogens is 2. The number of hydrogen-bond acceptors (Lipinski definition) is 4. The first-order chi connectivity index (χ1) is 4.88. The van der Waals surface area contributed by atoms with Gasteiger partial charge in [0, 0.05) is 18.0 Å². The highest BCUT2D eigenvalue weighted by molar-refractivity contribution is 5.72. The van der Waals surface area contributed by atoms with Gasteiger partial charge in [-0.1, -0.05) is 5.16 Å². The molecule has 0 radical (unpaired) electrons. The summed E-state index contributed by atoms with van der Waals surface area (Å²) in [6.07, 6.45) is 4.85. The average Bonchev–Trinajstić information content (AvgIpc) is 2.36. The van der Waals surface area contributed by atoms with Crippen molar-refractivity contribution in [2.75, 3.05) is 5.73 Å². The Balaban J connectivity index is 2.80. The molecule has 2 rings (SSSR count). The van der Waals surface area contributed by atoms with Crippen molar-refractivity contribution in [2.45, 2.75) is 0 Å². The Labute approximate surface area is 57.0 Å². The Hall–Kier alpha value is -1.58. The molecule has 0 amide bonds. The molecule has 10 heavy (non-hydrogen) atoms. The van der Waals surface area contributed by atoms with Crippen LogP contribution in [0.15, 0.2) is 23.2 Å². The van der Waals surface area contributed by atoms with Gasteiger partial charge in [-0.2, -0.15) is 0 Å². The van der Waals surface area contributed by atoms with E-state index in [0.717, 1.165) is 11.1 Å². The van der Waals surface area contributed by atoms with E-state index in [1.807, 2.05) is 0 Å². The van der Waals surface area contributed by atoms with Gasteiger partial charge in [0.2, 0.25) is 0 Å². The highest BCUT2D eigenvalue weighted by Gasteiger charge is 2.07. The smallest absolute Gasteiger partial charge is 0.173 e. The summed E-state index contributed by atoms with van der Waals surface area (Å²) in [5, 5.41) is 3.54. The summed E-state index contributed by atoms with van der Waals surface area (Å²) in [6.45, 7) is 0. The van der Waals surface area contributed by atoms with Crippen molar-refractivity contribution in [2.24, 2.45) is 0 Å². The Morgan fingerprint density at radius 1 is 1.40 bits per heavy atom. The van der Waals surface area contributed by atoms with Gasteiger partial charge in [0.05, 0.1) is 5.56 Å². The maximum absolute atomic E-state index is 5.46. The third-order valence-corrected chi connectivity index (χ3v) is 1.33. The van der Waals surface area contributed by atoms with E-state index in [1.165, 1.54) is 6.26 Å². The molecule has 0 saturated heterocycles. The predicted octanol–water partition coefficient (Wildman–Crippen LogP) is 0.757.